The number of rotatable bonds is 2. The van der Waals surface area contributed by atoms with E-state index in [1.54, 1.807) is 0 Å². The second-order valence-corrected chi connectivity index (χ2v) is 4.73. The number of imide groups is 1. The van der Waals surface area contributed by atoms with Gasteiger partial charge in [0.15, 0.2) is 0 Å². The minimum Gasteiger partial charge on any atom is -0.439 e. The second-order valence-electron chi connectivity index (χ2n) is 4.73. The van der Waals surface area contributed by atoms with Crippen LogP contribution in [0.1, 0.15) is 24.2 Å². The number of nitrogens with zero attached hydrogens (tertiary/aromatic N) is 1. The number of benzene rings is 1. The summed E-state index contributed by atoms with van der Waals surface area (Å²) in [5.74, 6) is -1.85. The lowest BCUT2D eigenvalue weighted by Crippen LogP contribution is -2.36. The molecule has 1 fully saturated rings. The summed E-state index contributed by atoms with van der Waals surface area (Å²) >= 11 is 0. The fourth-order valence-electron chi connectivity index (χ4n) is 2.24. The van der Waals surface area contributed by atoms with Crippen LogP contribution in [0.25, 0.3) is 0 Å². The minimum atomic E-state index is -4.74. The van der Waals surface area contributed by atoms with Crippen LogP contribution in [-0.4, -0.2) is 22.9 Å². The summed E-state index contributed by atoms with van der Waals surface area (Å²) in [6.45, 7) is 4.64. The highest BCUT2D eigenvalue weighted by Crippen LogP contribution is 2.36. The van der Waals surface area contributed by atoms with Gasteiger partial charge in [-0.15, -0.1) is 0 Å². The average molecular weight is 317 g/mol. The number of hydrogen-bond donors (Lipinski definition) is 0. The molecule has 1 aromatic carbocycles. The lowest BCUT2D eigenvalue weighted by molar-refractivity contribution is -0.138. The molecular formula is C14H11F4NO3. The van der Waals surface area contributed by atoms with Crippen molar-refractivity contribution in [1.29, 1.82) is 0 Å². The molecule has 0 spiro atoms. The largest absolute Gasteiger partial charge is 0.439 e. The van der Waals surface area contributed by atoms with E-state index in [2.05, 4.69) is 6.58 Å². The van der Waals surface area contributed by atoms with Crippen molar-refractivity contribution in [2.45, 2.75) is 25.2 Å². The van der Waals surface area contributed by atoms with Crippen LogP contribution in [0.2, 0.25) is 0 Å². The Bertz CT molecular complexity index is 641. The lowest BCUT2D eigenvalue weighted by atomic mass is 10.0. The first-order valence-electron chi connectivity index (χ1n) is 6.19. The number of ether oxygens (including phenoxy) is 1. The van der Waals surface area contributed by atoms with Crippen molar-refractivity contribution in [3.8, 4) is 0 Å². The molecule has 1 aliphatic heterocycles. The standard InChI is InChI=1S/C14H11F4NO3/c1-3-11(20)19-7(2)12(22-13(19)21)8-4-9(14(16,17)18)6-10(15)5-8/h3-7,12H,1H2,2H3/t7-,12-/m0/s1. The Morgan fingerprint density at radius 3 is 2.55 bits per heavy atom. The molecule has 0 radical (unpaired) electrons. The number of amides is 2. The Morgan fingerprint density at radius 2 is 2.00 bits per heavy atom. The fraction of sp³-hybridized carbons (Fsp3) is 0.286. The number of alkyl halides is 3. The van der Waals surface area contributed by atoms with Gasteiger partial charge < -0.3 is 4.74 Å². The zero-order valence-electron chi connectivity index (χ0n) is 11.4. The van der Waals surface area contributed by atoms with Crippen molar-refractivity contribution in [2.75, 3.05) is 0 Å². The first-order chi connectivity index (χ1) is 10.1. The smallest absolute Gasteiger partial charge is 0.417 e. The first-order valence-corrected chi connectivity index (χ1v) is 6.19. The van der Waals surface area contributed by atoms with Crippen molar-refractivity contribution in [3.63, 3.8) is 0 Å². The maximum absolute atomic E-state index is 13.4. The third-order valence-electron chi connectivity index (χ3n) is 3.26. The van der Waals surface area contributed by atoms with Gasteiger partial charge >= 0.3 is 12.3 Å². The summed E-state index contributed by atoms with van der Waals surface area (Å²) in [5, 5.41) is 0. The molecule has 0 bridgehead atoms. The molecule has 1 saturated heterocycles. The summed E-state index contributed by atoms with van der Waals surface area (Å²) in [4.78, 5) is 23.9. The molecule has 0 unspecified atom stereocenters. The van der Waals surface area contributed by atoms with Gasteiger partial charge in [0.2, 0.25) is 0 Å². The van der Waals surface area contributed by atoms with Crippen LogP contribution in [0.5, 0.6) is 0 Å². The van der Waals surface area contributed by atoms with E-state index in [0.29, 0.717) is 12.1 Å². The van der Waals surface area contributed by atoms with Crippen LogP contribution in [0.3, 0.4) is 0 Å². The van der Waals surface area contributed by atoms with Gasteiger partial charge in [-0.2, -0.15) is 13.2 Å². The molecular weight excluding hydrogens is 306 g/mol. The third kappa shape index (κ3) is 2.81. The van der Waals surface area contributed by atoms with Gasteiger partial charge in [0, 0.05) is 0 Å². The molecule has 2 atom stereocenters. The van der Waals surface area contributed by atoms with Gasteiger partial charge in [0.25, 0.3) is 5.91 Å². The van der Waals surface area contributed by atoms with Crippen LogP contribution >= 0.6 is 0 Å². The van der Waals surface area contributed by atoms with E-state index in [1.807, 2.05) is 0 Å². The Balaban J connectivity index is 2.41. The summed E-state index contributed by atoms with van der Waals surface area (Å²) in [7, 11) is 0. The predicted octanol–water partition coefficient (Wildman–Crippen LogP) is 3.44. The Kier molecular flexibility index (Phi) is 3.95. The molecule has 8 heteroatoms. The monoisotopic (exact) mass is 317 g/mol. The zero-order chi connectivity index (χ0) is 16.7. The normalized spacial score (nSPS) is 21.7. The second kappa shape index (κ2) is 5.43. The van der Waals surface area contributed by atoms with Gasteiger partial charge in [-0.25, -0.2) is 14.1 Å². The van der Waals surface area contributed by atoms with Crippen LogP contribution in [0.4, 0.5) is 22.4 Å². The molecule has 118 valence electrons. The summed E-state index contributed by atoms with van der Waals surface area (Å²) in [5.41, 5.74) is -1.37. The molecule has 0 aromatic heterocycles. The van der Waals surface area contributed by atoms with E-state index in [9.17, 15) is 27.2 Å². The molecule has 1 aliphatic rings. The highest BCUT2D eigenvalue weighted by molar-refractivity contribution is 5.99. The van der Waals surface area contributed by atoms with Gasteiger partial charge in [-0.3, -0.25) is 4.79 Å². The van der Waals surface area contributed by atoms with E-state index in [1.165, 1.54) is 6.92 Å². The van der Waals surface area contributed by atoms with E-state index in [-0.39, 0.29) is 5.56 Å². The zero-order valence-corrected chi connectivity index (χ0v) is 11.4. The predicted molar refractivity (Wildman–Crippen MR) is 67.1 cm³/mol. The van der Waals surface area contributed by atoms with Crippen molar-refractivity contribution in [3.05, 3.63) is 47.8 Å². The molecule has 0 N–H and O–H groups in total. The summed E-state index contributed by atoms with van der Waals surface area (Å²) in [6, 6.07) is 0.989. The summed E-state index contributed by atoms with van der Waals surface area (Å²) in [6.07, 6.45) is -6.06. The molecule has 0 saturated carbocycles. The van der Waals surface area contributed by atoms with Crippen molar-refractivity contribution in [1.82, 2.24) is 4.90 Å². The van der Waals surface area contributed by atoms with Gasteiger partial charge in [0.05, 0.1) is 11.6 Å². The topological polar surface area (TPSA) is 46.6 Å². The number of carbonyl (C=O) groups is 2. The minimum absolute atomic E-state index is 0.174. The fourth-order valence-corrected chi connectivity index (χ4v) is 2.24. The maximum atomic E-state index is 13.4. The van der Waals surface area contributed by atoms with Gasteiger partial charge in [0.1, 0.15) is 11.9 Å². The molecule has 1 heterocycles. The van der Waals surface area contributed by atoms with E-state index >= 15 is 0 Å². The lowest BCUT2D eigenvalue weighted by Gasteiger charge is -2.19. The molecule has 22 heavy (non-hydrogen) atoms. The molecule has 1 aromatic rings. The SMILES string of the molecule is C=CC(=O)N1C(=O)O[C@H](c2cc(F)cc(C(F)(F)F)c2)[C@@H]1C. The third-order valence-corrected chi connectivity index (χ3v) is 3.26. The molecule has 2 amide bonds. The van der Waals surface area contributed by atoms with Gasteiger partial charge in [-0.05, 0) is 36.8 Å². The van der Waals surface area contributed by atoms with Gasteiger partial charge in [-0.1, -0.05) is 6.58 Å². The highest BCUT2D eigenvalue weighted by atomic mass is 19.4. The highest BCUT2D eigenvalue weighted by Gasteiger charge is 2.43. The van der Waals surface area contributed by atoms with Crippen LogP contribution in [0, 0.1) is 5.82 Å². The van der Waals surface area contributed by atoms with Crippen molar-refractivity contribution >= 4 is 12.0 Å². The van der Waals surface area contributed by atoms with Crippen molar-refractivity contribution < 1.29 is 31.9 Å². The molecule has 2 rings (SSSR count). The van der Waals surface area contributed by atoms with Crippen LogP contribution < -0.4 is 0 Å². The maximum Gasteiger partial charge on any atom is 0.417 e. The number of hydrogen-bond acceptors (Lipinski definition) is 3. The Hall–Kier alpha value is -2.38. The number of halogens is 4. The molecule has 0 aliphatic carbocycles. The quantitative estimate of drug-likeness (QED) is 0.620. The van der Waals surface area contributed by atoms with E-state index in [4.69, 9.17) is 4.74 Å². The van der Waals surface area contributed by atoms with E-state index in [0.717, 1.165) is 17.0 Å². The summed E-state index contributed by atoms with van der Waals surface area (Å²) < 4.78 is 56.5. The average Bonchev–Trinajstić information content (AvgIpc) is 2.71. The molecule has 4 nitrogen and oxygen atoms in total. The van der Waals surface area contributed by atoms with E-state index < -0.39 is 41.7 Å². The first kappa shape index (κ1) is 16.0. The number of carbonyl (C=O) groups excluding carboxylic acids is 2. The van der Waals surface area contributed by atoms with Crippen LogP contribution in [0.15, 0.2) is 30.9 Å². The Labute approximate surface area is 123 Å². The Morgan fingerprint density at radius 1 is 1.36 bits per heavy atom. The van der Waals surface area contributed by atoms with Crippen LogP contribution in [-0.2, 0) is 15.7 Å². The van der Waals surface area contributed by atoms with Crippen molar-refractivity contribution in [2.24, 2.45) is 0 Å². The number of cyclic esters (lactones) is 1.